The van der Waals surface area contributed by atoms with E-state index in [0.29, 0.717) is 45.8 Å². The van der Waals surface area contributed by atoms with Gasteiger partial charge in [0.2, 0.25) is 0 Å². The molecule has 0 radical (unpaired) electrons. The minimum absolute atomic E-state index is 0.00549. The molecule has 0 aliphatic carbocycles. The summed E-state index contributed by atoms with van der Waals surface area (Å²) in [6.07, 6.45) is 1.70. The van der Waals surface area contributed by atoms with Crippen LogP contribution in [0.2, 0.25) is 0 Å². The zero-order valence-corrected chi connectivity index (χ0v) is 15.5. The van der Waals surface area contributed by atoms with E-state index in [2.05, 4.69) is 9.36 Å². The van der Waals surface area contributed by atoms with Crippen molar-refractivity contribution in [3.8, 4) is 11.4 Å². The third-order valence-electron chi connectivity index (χ3n) is 4.57. The van der Waals surface area contributed by atoms with Crippen LogP contribution in [0.3, 0.4) is 0 Å². The first-order valence-electron chi connectivity index (χ1n) is 8.62. The summed E-state index contributed by atoms with van der Waals surface area (Å²) in [6.45, 7) is 4.89. The maximum atomic E-state index is 15.4. The number of hydrogen-bond donors (Lipinski definition) is 1. The number of pyridine rings is 1. The smallest absolute Gasteiger partial charge is 0.166 e. The van der Waals surface area contributed by atoms with Gasteiger partial charge >= 0.3 is 0 Å². The molecule has 4 rings (SSSR count). The Morgan fingerprint density at radius 3 is 2.73 bits per heavy atom. The predicted octanol–water partition coefficient (Wildman–Crippen LogP) is 3.60. The lowest BCUT2D eigenvalue weighted by Crippen LogP contribution is -2.46. The van der Waals surface area contributed by atoms with Gasteiger partial charge in [0.1, 0.15) is 5.69 Å². The lowest BCUT2D eigenvalue weighted by Gasteiger charge is -2.37. The Morgan fingerprint density at radius 2 is 2.08 bits per heavy atom. The van der Waals surface area contributed by atoms with Gasteiger partial charge in [-0.3, -0.25) is 4.98 Å². The van der Waals surface area contributed by atoms with Gasteiger partial charge in [0, 0.05) is 30.2 Å². The molecule has 3 aromatic rings. The molecule has 1 fully saturated rings. The molecule has 26 heavy (non-hydrogen) atoms. The molecule has 5 nitrogen and oxygen atoms in total. The van der Waals surface area contributed by atoms with E-state index < -0.39 is 0 Å². The van der Waals surface area contributed by atoms with Crippen molar-refractivity contribution in [2.45, 2.75) is 32.7 Å². The molecule has 2 aromatic heterocycles. The standard InChI is InChI=1S/C19H20FN3O2S/c1-11-8-23(9-12(2)25-11)18-13(10-24)7-14-17(15-5-3-4-6-21-15)22-26-19(14)16(18)20/h3-7,11-12,24H,8-10H2,1-2H3. The van der Waals surface area contributed by atoms with Crippen molar-refractivity contribution in [1.82, 2.24) is 9.36 Å². The van der Waals surface area contributed by atoms with Crippen molar-refractivity contribution >= 4 is 27.3 Å². The minimum atomic E-state index is -0.326. The SMILES string of the molecule is CC1CN(c2c(CO)cc3c(-c4ccccn4)nsc3c2F)CC(C)O1. The summed E-state index contributed by atoms with van der Waals surface area (Å²) in [7, 11) is 0. The Bertz CT molecular complexity index is 921. The number of aliphatic hydroxyl groups excluding tert-OH is 1. The highest BCUT2D eigenvalue weighted by molar-refractivity contribution is 7.13. The van der Waals surface area contributed by atoms with Crippen molar-refractivity contribution in [1.29, 1.82) is 0 Å². The molecule has 0 saturated carbocycles. The zero-order chi connectivity index (χ0) is 18.3. The van der Waals surface area contributed by atoms with Crippen molar-refractivity contribution < 1.29 is 14.2 Å². The average molecular weight is 373 g/mol. The Balaban J connectivity index is 1.86. The van der Waals surface area contributed by atoms with Crippen LogP contribution in [0.25, 0.3) is 21.5 Å². The Morgan fingerprint density at radius 1 is 1.31 bits per heavy atom. The monoisotopic (exact) mass is 373 g/mol. The fraction of sp³-hybridized carbons (Fsp3) is 0.368. The number of nitrogens with zero attached hydrogens (tertiary/aromatic N) is 3. The van der Waals surface area contributed by atoms with Crippen LogP contribution in [0.15, 0.2) is 30.5 Å². The maximum Gasteiger partial charge on any atom is 0.166 e. The van der Waals surface area contributed by atoms with Crippen LogP contribution in [-0.2, 0) is 11.3 Å². The van der Waals surface area contributed by atoms with E-state index in [1.54, 1.807) is 6.20 Å². The van der Waals surface area contributed by atoms with E-state index >= 15 is 4.39 Å². The lowest BCUT2D eigenvalue weighted by atomic mass is 10.0. The molecule has 7 heteroatoms. The molecule has 0 spiro atoms. The number of aromatic nitrogens is 2. The van der Waals surface area contributed by atoms with E-state index in [0.717, 1.165) is 11.5 Å². The third-order valence-corrected chi connectivity index (χ3v) is 5.43. The van der Waals surface area contributed by atoms with Crippen molar-refractivity contribution in [3.63, 3.8) is 0 Å². The maximum absolute atomic E-state index is 15.4. The van der Waals surface area contributed by atoms with E-state index in [1.807, 2.05) is 43.0 Å². The van der Waals surface area contributed by atoms with Crippen molar-refractivity contribution in [2.75, 3.05) is 18.0 Å². The molecule has 0 amide bonds. The number of rotatable bonds is 3. The molecule has 0 bridgehead atoms. The largest absolute Gasteiger partial charge is 0.392 e. The highest BCUT2D eigenvalue weighted by Crippen LogP contribution is 2.39. The Labute approximate surface area is 155 Å². The molecule has 2 atom stereocenters. The second-order valence-corrected chi connectivity index (χ2v) is 7.41. The van der Waals surface area contributed by atoms with Crippen LogP contribution in [0.5, 0.6) is 0 Å². The fourth-order valence-electron chi connectivity index (χ4n) is 3.59. The molecular formula is C19H20FN3O2S. The lowest BCUT2D eigenvalue weighted by molar-refractivity contribution is -0.00548. The molecule has 1 aliphatic rings. The summed E-state index contributed by atoms with van der Waals surface area (Å²) in [5.41, 5.74) is 2.37. The highest BCUT2D eigenvalue weighted by atomic mass is 32.1. The van der Waals surface area contributed by atoms with Crippen LogP contribution in [0.4, 0.5) is 10.1 Å². The van der Waals surface area contributed by atoms with E-state index in [1.165, 1.54) is 0 Å². The Kier molecular flexibility index (Phi) is 4.60. The summed E-state index contributed by atoms with van der Waals surface area (Å²) < 4.78 is 26.1. The second-order valence-electron chi connectivity index (χ2n) is 6.64. The van der Waals surface area contributed by atoms with Gasteiger partial charge in [-0.15, -0.1) is 0 Å². The van der Waals surface area contributed by atoms with Gasteiger partial charge < -0.3 is 14.7 Å². The quantitative estimate of drug-likeness (QED) is 0.760. The molecule has 1 saturated heterocycles. The topological polar surface area (TPSA) is 58.5 Å². The molecule has 1 aliphatic heterocycles. The summed E-state index contributed by atoms with van der Waals surface area (Å²) in [4.78, 5) is 6.29. The third kappa shape index (κ3) is 2.96. The first-order valence-corrected chi connectivity index (χ1v) is 9.39. The van der Waals surface area contributed by atoms with Gasteiger partial charge in [0.15, 0.2) is 5.82 Å². The number of morpholine rings is 1. The van der Waals surface area contributed by atoms with Gasteiger partial charge in [-0.2, -0.15) is 4.37 Å². The van der Waals surface area contributed by atoms with Crippen molar-refractivity contribution in [2.24, 2.45) is 0 Å². The van der Waals surface area contributed by atoms with Gasteiger partial charge in [-0.05, 0) is 43.6 Å². The van der Waals surface area contributed by atoms with Gasteiger partial charge in [-0.25, -0.2) is 4.39 Å². The molecule has 3 heterocycles. The molecule has 136 valence electrons. The molecule has 1 aromatic carbocycles. The summed E-state index contributed by atoms with van der Waals surface area (Å²) in [5.74, 6) is -0.326. The number of aliphatic hydroxyl groups is 1. The highest BCUT2D eigenvalue weighted by Gasteiger charge is 2.28. The van der Waals surface area contributed by atoms with Gasteiger partial charge in [-0.1, -0.05) is 6.07 Å². The second kappa shape index (κ2) is 6.90. The van der Waals surface area contributed by atoms with Crippen LogP contribution in [0.1, 0.15) is 19.4 Å². The zero-order valence-electron chi connectivity index (χ0n) is 14.6. The minimum Gasteiger partial charge on any atom is -0.392 e. The summed E-state index contributed by atoms with van der Waals surface area (Å²) >= 11 is 1.13. The predicted molar refractivity (Wildman–Crippen MR) is 101 cm³/mol. The molecule has 2 unspecified atom stereocenters. The van der Waals surface area contributed by atoms with Gasteiger partial charge in [0.25, 0.3) is 0 Å². The summed E-state index contributed by atoms with van der Waals surface area (Å²) in [5, 5.41) is 10.6. The van der Waals surface area contributed by atoms with E-state index in [-0.39, 0.29) is 24.6 Å². The average Bonchev–Trinajstić information content (AvgIpc) is 3.05. The number of halogens is 1. The number of fused-ring (bicyclic) bond motifs is 1. The summed E-state index contributed by atoms with van der Waals surface area (Å²) in [6, 6.07) is 7.40. The first kappa shape index (κ1) is 17.3. The van der Waals surface area contributed by atoms with Crippen molar-refractivity contribution in [3.05, 3.63) is 41.8 Å². The van der Waals surface area contributed by atoms with Crippen LogP contribution in [-0.4, -0.2) is 39.8 Å². The first-order chi connectivity index (χ1) is 12.6. The fourth-order valence-corrected chi connectivity index (χ4v) is 4.40. The molecular weight excluding hydrogens is 353 g/mol. The normalized spacial score (nSPS) is 20.7. The molecule has 1 N–H and O–H groups in total. The van der Waals surface area contributed by atoms with E-state index in [9.17, 15) is 5.11 Å². The van der Waals surface area contributed by atoms with Gasteiger partial charge in [0.05, 0.1) is 34.9 Å². The number of anilines is 1. The number of hydrogen-bond acceptors (Lipinski definition) is 6. The number of ether oxygens (including phenoxy) is 1. The Hall–Kier alpha value is -2.09. The van der Waals surface area contributed by atoms with Crippen LogP contribution in [0, 0.1) is 5.82 Å². The van der Waals surface area contributed by atoms with E-state index in [4.69, 9.17) is 4.74 Å². The number of benzene rings is 1. The van der Waals surface area contributed by atoms with Crippen LogP contribution >= 0.6 is 11.5 Å². The van der Waals surface area contributed by atoms with Crippen LogP contribution < -0.4 is 4.90 Å².